The van der Waals surface area contributed by atoms with Crippen molar-refractivity contribution in [3.05, 3.63) is 113 Å². The summed E-state index contributed by atoms with van der Waals surface area (Å²) in [5, 5.41) is 10.7. The van der Waals surface area contributed by atoms with E-state index in [-0.39, 0.29) is 11.0 Å². The Morgan fingerprint density at radius 3 is 2.34 bits per heavy atom. The first-order valence-electron chi connectivity index (χ1n) is 13.1. The van der Waals surface area contributed by atoms with Crippen LogP contribution in [0.25, 0.3) is 16.7 Å². The van der Waals surface area contributed by atoms with Gasteiger partial charge in [-0.2, -0.15) is 0 Å². The molecule has 0 aliphatic rings. The van der Waals surface area contributed by atoms with Crippen molar-refractivity contribution >= 4 is 40.0 Å². The average Bonchev–Trinajstić information content (AvgIpc) is 3.33. The molecular weight excluding hydrogens is 520 g/mol. The van der Waals surface area contributed by atoms with Crippen molar-refractivity contribution in [2.45, 2.75) is 39.2 Å². The van der Waals surface area contributed by atoms with Gasteiger partial charge in [0.15, 0.2) is 11.4 Å². The predicted octanol–water partition coefficient (Wildman–Crippen LogP) is 6.26. The van der Waals surface area contributed by atoms with E-state index in [1.807, 2.05) is 54.6 Å². The molecule has 0 fully saturated rings. The van der Waals surface area contributed by atoms with Gasteiger partial charge in [0.25, 0.3) is 11.5 Å². The number of nitrogens with one attached hydrogen (secondary N) is 2. The Balaban J connectivity index is 1.41. The molecule has 0 spiro atoms. The summed E-state index contributed by atoms with van der Waals surface area (Å²) in [5.74, 6) is -0.848. The maximum absolute atomic E-state index is 13.5. The maximum Gasteiger partial charge on any atom is 0.303 e. The first kappa shape index (κ1) is 27.4. The van der Waals surface area contributed by atoms with E-state index in [1.54, 1.807) is 30.5 Å². The van der Waals surface area contributed by atoms with Gasteiger partial charge in [-0.05, 0) is 59.5 Å². The van der Waals surface area contributed by atoms with Crippen LogP contribution in [-0.4, -0.2) is 21.6 Å². The number of benzene rings is 3. The largest absolute Gasteiger partial charge is 0.447 e. The molecule has 208 valence electrons. The molecule has 5 aromatic rings. The van der Waals surface area contributed by atoms with Crippen molar-refractivity contribution in [2.24, 2.45) is 0 Å². The number of para-hydroxylation sites is 1. The Kier molecular flexibility index (Phi) is 7.43. The standard InChI is InChI=1S/C32H30N4O5/c1-20(37)40-28(26-11-8-18-36(31(26)39)24-15-12-21(13-16-24)32(2,3)4)30(38)34-23-14-17-25-27(19-23)41-35-29(25)33-22-9-6-5-7-10-22/h5-19,28H,1-4H3,(H,33,35)(H,34,38). The highest BCUT2D eigenvalue weighted by molar-refractivity contribution is 5.99. The molecular formula is C32H30N4O5. The Bertz CT molecular complexity index is 1770. The van der Waals surface area contributed by atoms with E-state index in [2.05, 4.69) is 36.6 Å². The zero-order chi connectivity index (χ0) is 29.1. The molecule has 1 amide bonds. The highest BCUT2D eigenvalue weighted by Crippen LogP contribution is 2.29. The number of rotatable bonds is 7. The molecule has 2 N–H and O–H groups in total. The van der Waals surface area contributed by atoms with Crippen LogP contribution in [0.5, 0.6) is 0 Å². The van der Waals surface area contributed by atoms with Crippen molar-refractivity contribution in [2.75, 3.05) is 10.6 Å². The summed E-state index contributed by atoms with van der Waals surface area (Å²) in [7, 11) is 0. The summed E-state index contributed by atoms with van der Waals surface area (Å²) in [6.07, 6.45) is 0.140. The number of anilines is 3. The second-order valence-corrected chi connectivity index (χ2v) is 10.6. The molecule has 0 aliphatic heterocycles. The van der Waals surface area contributed by atoms with Crippen LogP contribution in [0.2, 0.25) is 0 Å². The number of esters is 1. The summed E-state index contributed by atoms with van der Waals surface area (Å²) in [5.41, 5.74) is 2.93. The molecule has 0 radical (unpaired) electrons. The fourth-order valence-electron chi connectivity index (χ4n) is 4.43. The highest BCUT2D eigenvalue weighted by Gasteiger charge is 2.28. The Morgan fingerprint density at radius 1 is 0.927 bits per heavy atom. The van der Waals surface area contributed by atoms with Crippen LogP contribution in [0.3, 0.4) is 0 Å². The lowest BCUT2D eigenvalue weighted by Gasteiger charge is -2.20. The van der Waals surface area contributed by atoms with Crippen LogP contribution in [0.15, 0.2) is 100 Å². The van der Waals surface area contributed by atoms with E-state index in [0.717, 1.165) is 11.3 Å². The molecule has 2 heterocycles. The minimum absolute atomic E-state index is 0.0233. The molecule has 9 nitrogen and oxygen atoms in total. The molecule has 0 saturated carbocycles. The van der Waals surface area contributed by atoms with Gasteiger partial charge in [0, 0.05) is 36.2 Å². The van der Waals surface area contributed by atoms with Gasteiger partial charge in [-0.1, -0.05) is 56.3 Å². The number of amides is 1. The van der Waals surface area contributed by atoms with Crippen molar-refractivity contribution in [1.82, 2.24) is 9.72 Å². The van der Waals surface area contributed by atoms with Crippen LogP contribution in [0.4, 0.5) is 17.2 Å². The first-order valence-corrected chi connectivity index (χ1v) is 13.1. The van der Waals surface area contributed by atoms with Crippen molar-refractivity contribution < 1.29 is 18.8 Å². The number of hydrogen-bond acceptors (Lipinski definition) is 7. The van der Waals surface area contributed by atoms with E-state index in [0.29, 0.717) is 28.2 Å². The first-order chi connectivity index (χ1) is 19.6. The zero-order valence-corrected chi connectivity index (χ0v) is 23.2. The number of pyridine rings is 1. The normalized spacial score (nSPS) is 12.1. The summed E-state index contributed by atoms with van der Waals surface area (Å²) in [6, 6.07) is 25.3. The van der Waals surface area contributed by atoms with Gasteiger partial charge in [-0.15, -0.1) is 0 Å². The second kappa shape index (κ2) is 11.1. The summed E-state index contributed by atoms with van der Waals surface area (Å²) >= 11 is 0. The fourth-order valence-corrected chi connectivity index (χ4v) is 4.43. The van der Waals surface area contributed by atoms with E-state index in [4.69, 9.17) is 9.26 Å². The molecule has 2 aromatic heterocycles. The maximum atomic E-state index is 13.5. The van der Waals surface area contributed by atoms with E-state index >= 15 is 0 Å². The smallest absolute Gasteiger partial charge is 0.303 e. The van der Waals surface area contributed by atoms with Crippen LogP contribution < -0.4 is 16.2 Å². The minimum atomic E-state index is -1.47. The molecule has 3 aromatic carbocycles. The molecule has 1 atom stereocenters. The third-order valence-corrected chi connectivity index (χ3v) is 6.57. The van der Waals surface area contributed by atoms with E-state index < -0.39 is 23.5 Å². The van der Waals surface area contributed by atoms with Gasteiger partial charge < -0.3 is 19.9 Å². The van der Waals surface area contributed by atoms with Gasteiger partial charge in [-0.25, -0.2) is 0 Å². The minimum Gasteiger partial charge on any atom is -0.447 e. The van der Waals surface area contributed by atoms with Gasteiger partial charge in [-0.3, -0.25) is 19.0 Å². The van der Waals surface area contributed by atoms with Gasteiger partial charge in [0.2, 0.25) is 6.10 Å². The average molecular weight is 551 g/mol. The Labute approximate surface area is 236 Å². The number of fused-ring (bicyclic) bond motifs is 1. The molecule has 5 rings (SSSR count). The van der Waals surface area contributed by atoms with Crippen LogP contribution in [0, 0.1) is 0 Å². The lowest BCUT2D eigenvalue weighted by atomic mass is 9.87. The zero-order valence-electron chi connectivity index (χ0n) is 23.2. The third-order valence-electron chi connectivity index (χ3n) is 6.57. The number of carbonyl (C=O) groups is 2. The quantitative estimate of drug-likeness (QED) is 0.230. The number of nitrogens with zero attached hydrogens (tertiary/aromatic N) is 2. The van der Waals surface area contributed by atoms with Crippen molar-refractivity contribution in [3.8, 4) is 5.69 Å². The molecule has 0 aliphatic carbocycles. The lowest BCUT2D eigenvalue weighted by molar-refractivity contribution is -0.152. The highest BCUT2D eigenvalue weighted by atomic mass is 16.5. The predicted molar refractivity (Wildman–Crippen MR) is 158 cm³/mol. The topological polar surface area (TPSA) is 115 Å². The molecule has 41 heavy (non-hydrogen) atoms. The number of ether oxygens (including phenoxy) is 1. The molecule has 0 saturated heterocycles. The van der Waals surface area contributed by atoms with E-state index in [9.17, 15) is 14.4 Å². The number of aromatic nitrogens is 2. The van der Waals surface area contributed by atoms with E-state index in [1.165, 1.54) is 17.6 Å². The summed E-state index contributed by atoms with van der Waals surface area (Å²) in [6.45, 7) is 7.52. The SMILES string of the molecule is CC(=O)OC(C(=O)Nc1ccc2c(Nc3ccccc3)noc2c1)c1cccn(-c2ccc(C(C)(C)C)cc2)c1=O. The second-order valence-electron chi connectivity index (χ2n) is 10.6. The van der Waals surface area contributed by atoms with Crippen molar-refractivity contribution in [3.63, 3.8) is 0 Å². The van der Waals surface area contributed by atoms with Crippen LogP contribution in [0.1, 0.15) is 44.9 Å². The number of carbonyl (C=O) groups excluding carboxylic acids is 2. The third kappa shape index (κ3) is 6.04. The van der Waals surface area contributed by atoms with Crippen LogP contribution in [-0.2, 0) is 19.7 Å². The Hall–Kier alpha value is -5.18. The molecule has 0 bridgehead atoms. The lowest BCUT2D eigenvalue weighted by Crippen LogP contribution is -2.32. The van der Waals surface area contributed by atoms with Crippen molar-refractivity contribution in [1.29, 1.82) is 0 Å². The Morgan fingerprint density at radius 2 is 1.66 bits per heavy atom. The van der Waals surface area contributed by atoms with Gasteiger partial charge in [0.1, 0.15) is 0 Å². The fraction of sp³-hybridized carbons (Fsp3) is 0.188. The monoisotopic (exact) mass is 550 g/mol. The number of hydrogen-bond donors (Lipinski definition) is 2. The molecule has 1 unspecified atom stereocenters. The summed E-state index contributed by atoms with van der Waals surface area (Å²) in [4.78, 5) is 38.9. The van der Waals surface area contributed by atoms with Gasteiger partial charge >= 0.3 is 5.97 Å². The van der Waals surface area contributed by atoms with Crippen LogP contribution >= 0.6 is 0 Å². The van der Waals surface area contributed by atoms with Gasteiger partial charge in [0.05, 0.1) is 10.9 Å². The summed E-state index contributed by atoms with van der Waals surface area (Å²) < 4.78 is 12.2. The molecule has 9 heteroatoms.